The van der Waals surface area contributed by atoms with Crippen LogP contribution < -0.4 is 5.73 Å². The van der Waals surface area contributed by atoms with E-state index in [1.54, 1.807) is 12.4 Å². The first-order valence-electron chi connectivity index (χ1n) is 7.92. The number of aromatic nitrogens is 3. The molecule has 0 saturated carbocycles. The number of nitrogens with zero attached hydrogens (tertiary/aromatic N) is 4. The number of hydrogen-bond donors (Lipinski definition) is 1. The molecule has 23 heavy (non-hydrogen) atoms. The Hall–Kier alpha value is -1.63. The highest BCUT2D eigenvalue weighted by atomic mass is 35.5. The number of halogens is 1. The van der Waals surface area contributed by atoms with Crippen molar-refractivity contribution in [2.75, 3.05) is 25.4 Å². The van der Waals surface area contributed by atoms with E-state index in [0.29, 0.717) is 6.10 Å². The molecule has 124 valence electrons. The maximum Gasteiger partial charge on any atom is 0.132 e. The topological polar surface area (TPSA) is 69.2 Å². The van der Waals surface area contributed by atoms with Gasteiger partial charge in [0.05, 0.1) is 17.5 Å². The van der Waals surface area contributed by atoms with Gasteiger partial charge in [-0.2, -0.15) is 5.10 Å². The largest absolute Gasteiger partial charge is 0.383 e. The second-order valence-electron chi connectivity index (χ2n) is 6.05. The minimum atomic E-state index is 0. The van der Waals surface area contributed by atoms with Crippen molar-refractivity contribution in [2.24, 2.45) is 0 Å². The van der Waals surface area contributed by atoms with E-state index < -0.39 is 0 Å². The zero-order valence-corrected chi connectivity index (χ0v) is 13.8. The van der Waals surface area contributed by atoms with Crippen LogP contribution in [0.1, 0.15) is 24.1 Å². The summed E-state index contributed by atoms with van der Waals surface area (Å²) in [6, 6.07) is 3.86. The van der Waals surface area contributed by atoms with Gasteiger partial charge in [-0.1, -0.05) is 0 Å². The fourth-order valence-electron chi connectivity index (χ4n) is 3.36. The van der Waals surface area contributed by atoms with Gasteiger partial charge in [0.1, 0.15) is 5.82 Å². The van der Waals surface area contributed by atoms with Crippen molar-refractivity contribution in [1.29, 1.82) is 0 Å². The average Bonchev–Trinajstić information content (AvgIpc) is 3.17. The predicted molar refractivity (Wildman–Crippen MR) is 91.0 cm³/mol. The third-order valence-electron chi connectivity index (χ3n) is 4.55. The van der Waals surface area contributed by atoms with E-state index in [-0.39, 0.29) is 12.4 Å². The second kappa shape index (κ2) is 6.86. The Bertz CT molecular complexity index is 654. The highest BCUT2D eigenvalue weighted by Crippen LogP contribution is 2.27. The van der Waals surface area contributed by atoms with E-state index in [9.17, 15) is 0 Å². The summed E-state index contributed by atoms with van der Waals surface area (Å²) in [4.78, 5) is 6.49. The first-order chi connectivity index (χ1) is 10.8. The van der Waals surface area contributed by atoms with Gasteiger partial charge in [-0.25, -0.2) is 4.68 Å². The minimum Gasteiger partial charge on any atom is -0.383 e. The van der Waals surface area contributed by atoms with Crippen LogP contribution in [0.4, 0.5) is 5.82 Å². The third-order valence-corrected chi connectivity index (χ3v) is 4.55. The Kier molecular flexibility index (Phi) is 4.84. The third kappa shape index (κ3) is 3.20. The van der Waals surface area contributed by atoms with Gasteiger partial charge in [0.15, 0.2) is 0 Å². The van der Waals surface area contributed by atoms with Gasteiger partial charge < -0.3 is 10.5 Å². The molecule has 2 aliphatic rings. The Balaban J connectivity index is 0.00000156. The van der Waals surface area contributed by atoms with Crippen molar-refractivity contribution in [3.8, 4) is 5.69 Å². The zero-order chi connectivity index (χ0) is 14.9. The maximum atomic E-state index is 6.35. The summed E-state index contributed by atoms with van der Waals surface area (Å²) in [6.45, 7) is 3.80. The molecule has 7 heteroatoms. The molecular formula is C16H22ClN5O. The normalized spacial score (nSPS) is 21.0. The van der Waals surface area contributed by atoms with E-state index in [4.69, 9.17) is 15.6 Å². The quantitative estimate of drug-likeness (QED) is 0.926. The summed E-state index contributed by atoms with van der Waals surface area (Å²) in [5.41, 5.74) is 9.60. The van der Waals surface area contributed by atoms with Crippen LogP contribution in [0.3, 0.4) is 0 Å². The van der Waals surface area contributed by atoms with Crippen molar-refractivity contribution >= 4 is 18.2 Å². The molecule has 4 heterocycles. The fraction of sp³-hybridized carbons (Fsp3) is 0.500. The molecule has 0 aromatic carbocycles. The second-order valence-corrected chi connectivity index (χ2v) is 6.05. The van der Waals surface area contributed by atoms with Crippen molar-refractivity contribution in [1.82, 2.24) is 19.7 Å². The van der Waals surface area contributed by atoms with Gasteiger partial charge in [0.2, 0.25) is 0 Å². The van der Waals surface area contributed by atoms with Gasteiger partial charge in [0, 0.05) is 50.6 Å². The molecule has 1 fully saturated rings. The number of anilines is 1. The lowest BCUT2D eigenvalue weighted by Crippen LogP contribution is -2.36. The van der Waals surface area contributed by atoms with Crippen molar-refractivity contribution < 1.29 is 4.74 Å². The first kappa shape index (κ1) is 16.2. The summed E-state index contributed by atoms with van der Waals surface area (Å²) >= 11 is 0. The van der Waals surface area contributed by atoms with Gasteiger partial charge in [-0.3, -0.25) is 9.88 Å². The Morgan fingerprint density at radius 3 is 2.87 bits per heavy atom. The lowest BCUT2D eigenvalue weighted by atomic mass is 10.1. The van der Waals surface area contributed by atoms with Crippen molar-refractivity contribution in [3.05, 3.63) is 35.8 Å². The number of pyridine rings is 1. The molecule has 2 aromatic heterocycles. The van der Waals surface area contributed by atoms with Gasteiger partial charge >= 0.3 is 0 Å². The van der Waals surface area contributed by atoms with Crippen molar-refractivity contribution in [3.63, 3.8) is 0 Å². The summed E-state index contributed by atoms with van der Waals surface area (Å²) in [6.07, 6.45) is 7.22. The highest BCUT2D eigenvalue weighted by Gasteiger charge is 2.26. The zero-order valence-electron chi connectivity index (χ0n) is 13.0. The van der Waals surface area contributed by atoms with E-state index in [2.05, 4.69) is 9.88 Å². The van der Waals surface area contributed by atoms with E-state index in [1.807, 2.05) is 16.8 Å². The SMILES string of the molecule is Cl.Nc1c2c(nn1-c1ccncc1)CCN(CC1CCCO1)C2. The number of rotatable bonds is 3. The summed E-state index contributed by atoms with van der Waals surface area (Å²) in [7, 11) is 0. The molecule has 2 aliphatic heterocycles. The van der Waals surface area contributed by atoms with Crippen LogP contribution in [-0.4, -0.2) is 45.5 Å². The van der Waals surface area contributed by atoms with Crippen LogP contribution in [0.2, 0.25) is 0 Å². The lowest BCUT2D eigenvalue weighted by molar-refractivity contribution is 0.0688. The molecule has 1 atom stereocenters. The summed E-state index contributed by atoms with van der Waals surface area (Å²) in [5, 5.41) is 4.69. The number of fused-ring (bicyclic) bond motifs is 1. The molecule has 0 bridgehead atoms. The summed E-state index contributed by atoms with van der Waals surface area (Å²) < 4.78 is 7.58. The summed E-state index contributed by atoms with van der Waals surface area (Å²) in [5.74, 6) is 0.748. The van der Waals surface area contributed by atoms with E-state index in [0.717, 1.165) is 49.9 Å². The Morgan fingerprint density at radius 2 is 2.13 bits per heavy atom. The Morgan fingerprint density at radius 1 is 1.30 bits per heavy atom. The number of nitrogen functional groups attached to an aromatic ring is 1. The molecule has 4 rings (SSSR count). The molecule has 0 aliphatic carbocycles. The van der Waals surface area contributed by atoms with E-state index >= 15 is 0 Å². The molecule has 2 N–H and O–H groups in total. The molecule has 0 radical (unpaired) electrons. The van der Waals surface area contributed by atoms with Crippen LogP contribution in [0.15, 0.2) is 24.5 Å². The first-order valence-corrected chi connectivity index (χ1v) is 7.92. The maximum absolute atomic E-state index is 6.35. The molecule has 2 aromatic rings. The fourth-order valence-corrected chi connectivity index (χ4v) is 3.36. The monoisotopic (exact) mass is 335 g/mol. The minimum absolute atomic E-state index is 0. The average molecular weight is 336 g/mol. The predicted octanol–water partition coefficient (Wildman–Crippen LogP) is 1.81. The van der Waals surface area contributed by atoms with Crippen LogP contribution >= 0.6 is 12.4 Å². The van der Waals surface area contributed by atoms with Crippen molar-refractivity contribution in [2.45, 2.75) is 31.9 Å². The molecule has 0 spiro atoms. The van der Waals surface area contributed by atoms with Crippen LogP contribution in [0.25, 0.3) is 5.69 Å². The molecule has 6 nitrogen and oxygen atoms in total. The van der Waals surface area contributed by atoms with Gasteiger partial charge in [0.25, 0.3) is 0 Å². The Labute approximate surface area is 142 Å². The van der Waals surface area contributed by atoms with Gasteiger partial charge in [-0.15, -0.1) is 12.4 Å². The smallest absolute Gasteiger partial charge is 0.132 e. The lowest BCUT2D eigenvalue weighted by Gasteiger charge is -2.28. The van der Waals surface area contributed by atoms with Crippen LogP contribution in [0.5, 0.6) is 0 Å². The number of nitrogens with two attached hydrogens (primary N) is 1. The van der Waals surface area contributed by atoms with E-state index in [1.165, 1.54) is 18.4 Å². The molecule has 1 saturated heterocycles. The van der Waals surface area contributed by atoms with Crippen LogP contribution in [-0.2, 0) is 17.7 Å². The van der Waals surface area contributed by atoms with Gasteiger partial charge in [-0.05, 0) is 25.0 Å². The number of ether oxygens (including phenoxy) is 1. The molecular weight excluding hydrogens is 314 g/mol. The number of hydrogen-bond acceptors (Lipinski definition) is 5. The van der Waals surface area contributed by atoms with Crippen LogP contribution in [0, 0.1) is 0 Å². The molecule has 1 unspecified atom stereocenters. The standard InChI is InChI=1S/C16H21N5O.ClH/c17-16-14-11-20(10-13-2-1-9-22-13)8-5-15(14)19-21(16)12-3-6-18-7-4-12;/h3-4,6-7,13H,1-2,5,8-11,17H2;1H. The highest BCUT2D eigenvalue weighted by molar-refractivity contribution is 5.85. The molecule has 0 amide bonds.